The molecular formula is C100H150Cl5F5O10S5. The highest BCUT2D eigenvalue weighted by atomic mass is 35.5. The van der Waals surface area contributed by atoms with Crippen molar-refractivity contribution in [3.8, 4) is 28.7 Å². The summed E-state index contributed by atoms with van der Waals surface area (Å²) in [6.07, 6.45) is 61.4. The summed E-state index contributed by atoms with van der Waals surface area (Å²) < 4.78 is 27.5. The first-order chi connectivity index (χ1) is 58.0. The van der Waals surface area contributed by atoms with Gasteiger partial charge in [0.15, 0.2) is 0 Å². The number of unbranched alkanes of at least 4 members (excludes halogenated alkanes) is 20. The van der Waals surface area contributed by atoms with Crippen LogP contribution in [0.4, 0.5) is 23.5 Å². The van der Waals surface area contributed by atoms with E-state index in [4.69, 9.17) is 81.7 Å². The maximum atomic E-state index is 12.3. The standard InChI is InChI=1S/5C20H29ClO2S.5FH/c5*1-2-3-4-5-6-7-15-8-10-16(11-9-15)20(22)23-17-12-13-19(24)18(21)14-17;;;;;/h5*12-16,24H,2-11H2,1H3;5*1H. The number of hydrogen-bond acceptors (Lipinski definition) is 15. The van der Waals surface area contributed by atoms with Crippen LogP contribution in [0.5, 0.6) is 28.7 Å². The second-order valence-electron chi connectivity index (χ2n) is 34.8. The highest BCUT2D eigenvalue weighted by molar-refractivity contribution is 7.81. The number of hydrogen-bond donors (Lipinski definition) is 5. The van der Waals surface area contributed by atoms with Crippen molar-refractivity contribution in [3.63, 3.8) is 0 Å². The Hall–Kier alpha value is -3.70. The molecule has 25 heteroatoms. The summed E-state index contributed by atoms with van der Waals surface area (Å²) in [5.41, 5.74) is 0. The third-order valence-electron chi connectivity index (χ3n) is 25.2. The van der Waals surface area contributed by atoms with E-state index in [1.807, 2.05) is 0 Å². The molecule has 5 aromatic carbocycles. The lowest BCUT2D eigenvalue weighted by molar-refractivity contribution is -0.141. The van der Waals surface area contributed by atoms with E-state index in [2.05, 4.69) is 97.8 Å². The van der Waals surface area contributed by atoms with Gasteiger partial charge in [-0.3, -0.25) is 47.5 Å². The topological polar surface area (TPSA) is 132 Å². The molecule has 5 saturated carbocycles. The lowest BCUT2D eigenvalue weighted by Crippen LogP contribution is -2.25. The molecule has 5 aliphatic carbocycles. The number of thiol groups is 5. The summed E-state index contributed by atoms with van der Waals surface area (Å²) in [5.74, 6) is 6.20. The number of halogens is 10. The van der Waals surface area contributed by atoms with Crippen molar-refractivity contribution >= 4 is 151 Å². The third-order valence-corrected chi connectivity index (χ3v) is 29.3. The average molecular weight is 1940 g/mol. The lowest BCUT2D eigenvalue weighted by Gasteiger charge is -2.27. The highest BCUT2D eigenvalue weighted by Gasteiger charge is 2.33. The second-order valence-corrected chi connectivity index (χ2v) is 39.2. The number of rotatable bonds is 40. The van der Waals surface area contributed by atoms with Crippen LogP contribution in [-0.4, -0.2) is 29.8 Å². The normalized spacial score (nSPS) is 20.0. The van der Waals surface area contributed by atoms with E-state index >= 15 is 0 Å². The molecule has 0 N–H and O–H groups in total. The van der Waals surface area contributed by atoms with Crippen LogP contribution in [0.1, 0.15) is 356 Å². The van der Waals surface area contributed by atoms with E-state index in [0.29, 0.717) is 78.3 Å². The fourth-order valence-corrected chi connectivity index (χ4v) is 18.9. The summed E-state index contributed by atoms with van der Waals surface area (Å²) in [6.45, 7) is 11.3. The largest absolute Gasteiger partial charge is 0.426 e. The Morgan fingerprint density at radius 3 is 0.496 bits per heavy atom. The van der Waals surface area contributed by atoms with Gasteiger partial charge in [0.25, 0.3) is 0 Å². The first kappa shape index (κ1) is 119. The molecule has 710 valence electrons. The van der Waals surface area contributed by atoms with E-state index < -0.39 is 0 Å². The van der Waals surface area contributed by atoms with Crippen molar-refractivity contribution < 1.29 is 71.2 Å². The number of carbonyl (C=O) groups excluding carboxylic acids is 5. The Balaban J connectivity index is 0.000000774. The van der Waals surface area contributed by atoms with Crippen LogP contribution in [0.25, 0.3) is 0 Å². The fourth-order valence-electron chi connectivity index (χ4n) is 17.4. The smallest absolute Gasteiger partial charge is 0.314 e. The van der Waals surface area contributed by atoms with Crippen LogP contribution >= 0.6 is 121 Å². The molecule has 0 saturated heterocycles. The summed E-state index contributed by atoms with van der Waals surface area (Å²) in [6, 6.07) is 25.8. The number of benzene rings is 5. The van der Waals surface area contributed by atoms with Crippen molar-refractivity contribution in [1.82, 2.24) is 0 Å². The van der Waals surface area contributed by atoms with E-state index in [1.165, 1.54) is 193 Å². The quantitative estimate of drug-likeness (QED) is 0.00849. The maximum Gasteiger partial charge on any atom is 0.314 e. The highest BCUT2D eigenvalue weighted by Crippen LogP contribution is 2.41. The molecule has 5 aliphatic rings. The minimum Gasteiger partial charge on any atom is -0.426 e. The summed E-state index contributed by atoms with van der Waals surface area (Å²) in [7, 11) is 0. The van der Waals surface area contributed by atoms with E-state index in [0.717, 1.165) is 158 Å². The van der Waals surface area contributed by atoms with Gasteiger partial charge in [-0.2, -0.15) is 0 Å². The van der Waals surface area contributed by atoms with Gasteiger partial charge in [-0.15, -0.1) is 63.1 Å². The molecule has 0 atom stereocenters. The van der Waals surface area contributed by atoms with Gasteiger partial charge in [0, 0.05) is 54.8 Å². The second kappa shape index (κ2) is 70.1. The maximum absolute atomic E-state index is 12.3. The predicted molar refractivity (Wildman–Crippen MR) is 528 cm³/mol. The van der Waals surface area contributed by atoms with Crippen molar-refractivity contribution in [2.45, 2.75) is 380 Å². The lowest BCUT2D eigenvalue weighted by atomic mass is 9.80. The minimum atomic E-state index is -0.112. The minimum absolute atomic E-state index is 0. The first-order valence-electron chi connectivity index (χ1n) is 46.5. The molecule has 0 unspecified atom stereocenters. The summed E-state index contributed by atoms with van der Waals surface area (Å²) in [5, 5.41) is 2.55. The zero-order valence-corrected chi connectivity index (χ0v) is 83.3. The van der Waals surface area contributed by atoms with Crippen LogP contribution in [0.15, 0.2) is 115 Å². The van der Waals surface area contributed by atoms with E-state index in [1.54, 1.807) is 91.0 Å². The molecule has 0 aromatic heterocycles. The number of ether oxygens (including phenoxy) is 5. The molecule has 0 aliphatic heterocycles. The van der Waals surface area contributed by atoms with E-state index in [9.17, 15) is 24.0 Å². The van der Waals surface area contributed by atoms with Crippen LogP contribution in [-0.2, 0) is 24.0 Å². The Morgan fingerprint density at radius 2 is 0.368 bits per heavy atom. The van der Waals surface area contributed by atoms with Crippen LogP contribution < -0.4 is 23.7 Å². The fraction of sp³-hybridized carbons (Fsp3) is 0.650. The monoisotopic (exact) mass is 1940 g/mol. The Kier molecular flexibility index (Phi) is 66.9. The molecule has 10 rings (SSSR count). The van der Waals surface area contributed by atoms with Gasteiger partial charge in [-0.1, -0.05) is 285 Å². The van der Waals surface area contributed by atoms with Crippen molar-refractivity contribution in [2.75, 3.05) is 0 Å². The molecule has 0 spiro atoms. The third kappa shape index (κ3) is 48.5. The van der Waals surface area contributed by atoms with Crippen molar-refractivity contribution in [1.29, 1.82) is 0 Å². The summed E-state index contributed by atoms with van der Waals surface area (Å²) in [4.78, 5) is 65.0. The molecule has 0 bridgehead atoms. The SMILES string of the molecule is CCCCCCCC1CCC(C(=O)Oc2ccc(S)c(Cl)c2)CC1.CCCCCCCC1CCC(C(=O)Oc2ccc(S)c(Cl)c2)CC1.CCCCCCCC1CCC(C(=O)Oc2ccc(S)c(Cl)c2)CC1.CCCCCCCC1CCC(C(=O)Oc2ccc(S)c(Cl)c2)CC1.CCCCCCCC1CCC(C(=O)Oc2ccc(S)c(Cl)c2)CC1.F.F.F.F.F. The van der Waals surface area contributed by atoms with Crippen LogP contribution in [0.2, 0.25) is 25.1 Å². The van der Waals surface area contributed by atoms with Crippen molar-refractivity contribution in [3.05, 3.63) is 116 Å². The molecule has 5 fully saturated rings. The molecule has 10 nitrogen and oxygen atoms in total. The molecule has 125 heavy (non-hydrogen) atoms. The number of carbonyl (C=O) groups is 5. The van der Waals surface area contributed by atoms with Crippen molar-refractivity contribution in [2.24, 2.45) is 59.2 Å². The van der Waals surface area contributed by atoms with Crippen LogP contribution in [0, 0.1) is 59.2 Å². The van der Waals surface area contributed by atoms with Gasteiger partial charge in [0.05, 0.1) is 54.7 Å². The first-order valence-corrected chi connectivity index (χ1v) is 50.6. The van der Waals surface area contributed by atoms with Crippen LogP contribution in [0.3, 0.4) is 0 Å². The Morgan fingerprint density at radius 1 is 0.232 bits per heavy atom. The van der Waals surface area contributed by atoms with Gasteiger partial charge in [0.1, 0.15) is 28.7 Å². The Bertz CT molecular complexity index is 3210. The van der Waals surface area contributed by atoms with Gasteiger partial charge in [-0.05, 0) is 219 Å². The van der Waals surface area contributed by atoms with E-state index in [-0.39, 0.29) is 83.0 Å². The van der Waals surface area contributed by atoms with Gasteiger partial charge in [-0.25, -0.2) is 0 Å². The molecule has 5 aromatic rings. The molecule has 0 heterocycles. The average Bonchev–Trinajstić information content (AvgIpc) is 0.872. The summed E-state index contributed by atoms with van der Waals surface area (Å²) >= 11 is 51.2. The zero-order chi connectivity index (χ0) is 86.8. The van der Waals surface area contributed by atoms with Gasteiger partial charge in [0.2, 0.25) is 0 Å². The zero-order valence-electron chi connectivity index (χ0n) is 75.0. The number of esters is 5. The van der Waals surface area contributed by atoms with Gasteiger partial charge < -0.3 is 23.7 Å². The Labute approximate surface area is 800 Å². The van der Waals surface area contributed by atoms with Gasteiger partial charge >= 0.3 is 29.8 Å². The molecular weight excluding hydrogens is 1790 g/mol. The molecule has 0 amide bonds. The molecule has 0 radical (unpaired) electrons. The predicted octanol–water partition coefficient (Wildman–Crippen LogP) is 34.3.